The molecule has 1 saturated carbocycles. The lowest BCUT2D eigenvalue weighted by atomic mass is 9.90. The monoisotopic (exact) mass is 305 g/mol. The zero-order chi connectivity index (χ0) is 14.2. The SMILES string of the molecule is COC1C(=O)CC1Oc1cc(Cl)c(Cl)cc1[N+](=O)[O-]. The number of hydrogen-bond donors (Lipinski definition) is 0. The topological polar surface area (TPSA) is 78.7 Å². The van der Waals surface area contributed by atoms with Gasteiger partial charge in [-0.05, 0) is 0 Å². The molecule has 1 aromatic rings. The number of ketones is 1. The molecule has 1 aliphatic carbocycles. The third kappa shape index (κ3) is 2.65. The number of methoxy groups -OCH3 is 1. The van der Waals surface area contributed by atoms with Gasteiger partial charge in [-0.25, -0.2) is 0 Å². The Kier molecular flexibility index (Phi) is 3.93. The number of rotatable bonds is 4. The van der Waals surface area contributed by atoms with Crippen molar-refractivity contribution in [3.05, 3.63) is 32.3 Å². The minimum Gasteiger partial charge on any atom is -0.480 e. The fraction of sp³-hybridized carbons (Fsp3) is 0.364. The van der Waals surface area contributed by atoms with Gasteiger partial charge in [0.2, 0.25) is 0 Å². The van der Waals surface area contributed by atoms with E-state index in [2.05, 4.69) is 0 Å². The summed E-state index contributed by atoms with van der Waals surface area (Å²) in [7, 11) is 1.38. The lowest BCUT2D eigenvalue weighted by Gasteiger charge is -2.33. The summed E-state index contributed by atoms with van der Waals surface area (Å²) in [4.78, 5) is 21.5. The number of nitro groups is 1. The van der Waals surface area contributed by atoms with Gasteiger partial charge in [-0.2, -0.15) is 0 Å². The Balaban J connectivity index is 2.27. The number of halogens is 2. The third-order valence-corrected chi connectivity index (χ3v) is 3.51. The van der Waals surface area contributed by atoms with E-state index in [9.17, 15) is 14.9 Å². The predicted octanol–water partition coefficient (Wildman–Crippen LogP) is 2.64. The highest BCUT2D eigenvalue weighted by atomic mass is 35.5. The minimum absolute atomic E-state index is 0.0287. The molecule has 0 radical (unpaired) electrons. The van der Waals surface area contributed by atoms with Crippen molar-refractivity contribution < 1.29 is 19.2 Å². The molecule has 0 aromatic heterocycles. The van der Waals surface area contributed by atoms with Gasteiger partial charge in [0.05, 0.1) is 15.0 Å². The van der Waals surface area contributed by atoms with E-state index in [4.69, 9.17) is 32.7 Å². The quantitative estimate of drug-likeness (QED) is 0.631. The maximum Gasteiger partial charge on any atom is 0.312 e. The molecule has 0 saturated heterocycles. The molecule has 0 amide bonds. The Labute approximate surface area is 118 Å². The second-order valence-corrected chi connectivity index (χ2v) is 4.79. The van der Waals surface area contributed by atoms with Crippen LogP contribution >= 0.6 is 23.2 Å². The molecule has 0 aliphatic heterocycles. The molecular weight excluding hydrogens is 297 g/mol. The number of carbonyl (C=O) groups is 1. The fourth-order valence-corrected chi connectivity index (χ4v) is 2.08. The molecule has 0 heterocycles. The molecule has 102 valence electrons. The zero-order valence-electron chi connectivity index (χ0n) is 9.76. The van der Waals surface area contributed by atoms with E-state index in [1.165, 1.54) is 13.2 Å². The van der Waals surface area contributed by atoms with Crippen LogP contribution in [0.2, 0.25) is 10.0 Å². The molecular formula is C11H9Cl2NO5. The molecule has 1 aliphatic rings. The molecule has 2 atom stereocenters. The van der Waals surface area contributed by atoms with Gasteiger partial charge in [0, 0.05) is 25.7 Å². The smallest absolute Gasteiger partial charge is 0.312 e. The van der Waals surface area contributed by atoms with Gasteiger partial charge in [-0.1, -0.05) is 23.2 Å². The Bertz CT molecular complexity index is 548. The molecule has 19 heavy (non-hydrogen) atoms. The first-order valence-electron chi connectivity index (χ1n) is 5.29. The average molecular weight is 306 g/mol. The number of Topliss-reactive ketones (excluding diaryl/α,β-unsaturated/α-hetero) is 1. The summed E-state index contributed by atoms with van der Waals surface area (Å²) in [5.41, 5.74) is -0.302. The van der Waals surface area contributed by atoms with Crippen LogP contribution < -0.4 is 4.74 Å². The van der Waals surface area contributed by atoms with Gasteiger partial charge in [-0.3, -0.25) is 14.9 Å². The van der Waals surface area contributed by atoms with Crippen molar-refractivity contribution in [2.75, 3.05) is 7.11 Å². The van der Waals surface area contributed by atoms with E-state index >= 15 is 0 Å². The average Bonchev–Trinajstić information content (AvgIpc) is 2.32. The van der Waals surface area contributed by atoms with Crippen LogP contribution in [0.3, 0.4) is 0 Å². The van der Waals surface area contributed by atoms with Crippen molar-refractivity contribution in [1.82, 2.24) is 0 Å². The lowest BCUT2D eigenvalue weighted by Crippen LogP contribution is -2.51. The van der Waals surface area contributed by atoms with Crippen molar-refractivity contribution in [2.24, 2.45) is 0 Å². The van der Waals surface area contributed by atoms with Crippen LogP contribution in [0.25, 0.3) is 0 Å². The molecule has 2 unspecified atom stereocenters. The fourth-order valence-electron chi connectivity index (χ4n) is 1.77. The van der Waals surface area contributed by atoms with E-state index < -0.39 is 17.1 Å². The van der Waals surface area contributed by atoms with Crippen LogP contribution in [-0.2, 0) is 9.53 Å². The maximum absolute atomic E-state index is 11.2. The van der Waals surface area contributed by atoms with Crippen molar-refractivity contribution in [2.45, 2.75) is 18.6 Å². The minimum atomic E-state index is -0.700. The van der Waals surface area contributed by atoms with Crippen molar-refractivity contribution in [3.63, 3.8) is 0 Å². The van der Waals surface area contributed by atoms with E-state index in [1.807, 2.05) is 0 Å². The largest absolute Gasteiger partial charge is 0.480 e. The second-order valence-electron chi connectivity index (χ2n) is 3.97. The second kappa shape index (κ2) is 5.32. The molecule has 8 heteroatoms. The van der Waals surface area contributed by atoms with Gasteiger partial charge < -0.3 is 9.47 Å². The van der Waals surface area contributed by atoms with Gasteiger partial charge in [0.1, 0.15) is 6.10 Å². The summed E-state index contributed by atoms with van der Waals surface area (Å²) in [6, 6.07) is 2.37. The van der Waals surface area contributed by atoms with Crippen molar-refractivity contribution >= 4 is 34.7 Å². The number of hydrogen-bond acceptors (Lipinski definition) is 5. The van der Waals surface area contributed by atoms with E-state index in [1.54, 1.807) is 0 Å². The summed E-state index contributed by atoms with van der Waals surface area (Å²) in [5, 5.41) is 11.1. The van der Waals surface area contributed by atoms with Gasteiger partial charge in [0.25, 0.3) is 0 Å². The van der Waals surface area contributed by atoms with E-state index in [0.717, 1.165) is 6.07 Å². The summed E-state index contributed by atoms with van der Waals surface area (Å²) in [5.74, 6) is -0.130. The number of carbonyl (C=O) groups excluding carboxylic acids is 1. The standard InChI is InChI=1S/C11H9Cl2NO5/c1-18-11-8(15)4-10(11)19-9-3-6(13)5(12)2-7(9)14(16)17/h2-3,10-11H,4H2,1H3. The summed E-state index contributed by atoms with van der Waals surface area (Å²) in [6.45, 7) is 0. The summed E-state index contributed by atoms with van der Waals surface area (Å²) < 4.78 is 10.4. The van der Waals surface area contributed by atoms with Crippen LogP contribution in [0.15, 0.2) is 12.1 Å². The number of nitro benzene ring substituents is 1. The van der Waals surface area contributed by atoms with Crippen LogP contribution in [0.4, 0.5) is 5.69 Å². The van der Waals surface area contributed by atoms with Gasteiger partial charge in [-0.15, -0.1) is 0 Å². The highest BCUT2D eigenvalue weighted by molar-refractivity contribution is 6.42. The summed E-state index contributed by atoms with van der Waals surface area (Å²) in [6.07, 6.45) is -1.10. The van der Waals surface area contributed by atoms with Crippen LogP contribution in [-0.4, -0.2) is 30.0 Å². The van der Waals surface area contributed by atoms with Crippen molar-refractivity contribution in [1.29, 1.82) is 0 Å². The van der Waals surface area contributed by atoms with E-state index in [0.29, 0.717) is 0 Å². The number of nitrogens with zero attached hydrogens (tertiary/aromatic N) is 1. The Hall–Kier alpha value is -1.37. The zero-order valence-corrected chi connectivity index (χ0v) is 11.3. The predicted molar refractivity (Wildman–Crippen MR) is 68.0 cm³/mol. The Morgan fingerprint density at radius 3 is 2.53 bits per heavy atom. The first-order chi connectivity index (χ1) is 8.93. The third-order valence-electron chi connectivity index (χ3n) is 2.79. The molecule has 0 N–H and O–H groups in total. The van der Waals surface area contributed by atoms with Gasteiger partial charge in [0.15, 0.2) is 17.6 Å². The van der Waals surface area contributed by atoms with Crippen LogP contribution in [0.5, 0.6) is 5.75 Å². The van der Waals surface area contributed by atoms with Crippen LogP contribution in [0, 0.1) is 10.1 Å². The molecule has 0 spiro atoms. The highest BCUT2D eigenvalue weighted by Crippen LogP contribution is 2.38. The number of ether oxygens (including phenoxy) is 2. The first kappa shape index (κ1) is 14.0. The molecule has 6 nitrogen and oxygen atoms in total. The first-order valence-corrected chi connectivity index (χ1v) is 6.05. The van der Waals surface area contributed by atoms with E-state index in [-0.39, 0.29) is 33.7 Å². The van der Waals surface area contributed by atoms with Crippen molar-refractivity contribution in [3.8, 4) is 5.75 Å². The molecule has 0 bridgehead atoms. The highest BCUT2D eigenvalue weighted by Gasteiger charge is 2.43. The summed E-state index contributed by atoms with van der Waals surface area (Å²) >= 11 is 11.5. The maximum atomic E-state index is 11.2. The van der Waals surface area contributed by atoms with Crippen LogP contribution in [0.1, 0.15) is 6.42 Å². The Morgan fingerprint density at radius 1 is 1.37 bits per heavy atom. The normalized spacial score (nSPS) is 21.9. The molecule has 2 rings (SSSR count). The van der Waals surface area contributed by atoms with Gasteiger partial charge >= 0.3 is 5.69 Å². The Morgan fingerprint density at radius 2 is 2.00 bits per heavy atom. The molecule has 1 aromatic carbocycles. The number of benzene rings is 1. The lowest BCUT2D eigenvalue weighted by molar-refractivity contribution is -0.386. The molecule has 1 fully saturated rings.